The first-order valence-electron chi connectivity index (χ1n) is 14.4. The second kappa shape index (κ2) is 9.47. The van der Waals surface area contributed by atoms with Gasteiger partial charge in [0.2, 0.25) is 0 Å². The van der Waals surface area contributed by atoms with Gasteiger partial charge in [-0.2, -0.15) is 0 Å². The molecule has 5 aliphatic rings. The molecule has 0 radical (unpaired) electrons. The molecular formula is C32H40O9. The molecule has 2 saturated carbocycles. The van der Waals surface area contributed by atoms with Crippen molar-refractivity contribution < 1.29 is 43.5 Å². The number of hydrogen-bond donors (Lipinski definition) is 2. The number of esters is 2. The lowest BCUT2D eigenvalue weighted by Gasteiger charge is -2.68. The predicted molar refractivity (Wildman–Crippen MR) is 146 cm³/mol. The quantitative estimate of drug-likeness (QED) is 0.415. The average molecular weight is 569 g/mol. The fourth-order valence-electron chi connectivity index (χ4n) is 8.64. The summed E-state index contributed by atoms with van der Waals surface area (Å²) in [4.78, 5) is 26.5. The molecule has 6 rings (SSSR count). The van der Waals surface area contributed by atoms with Crippen molar-refractivity contribution in [2.24, 2.45) is 16.7 Å². The van der Waals surface area contributed by atoms with Gasteiger partial charge in [-0.1, -0.05) is 45.5 Å². The van der Waals surface area contributed by atoms with E-state index in [2.05, 4.69) is 6.58 Å². The molecule has 2 saturated heterocycles. The SMILES string of the molecule is C=CC1O[C@@H]2C3=C(C)[C@@H](O)C[C@@](O)([C@@H](OC(=O)c4ccccc4)[C@H]4[C@@](C)(CC[C@H]5OC[C@]54OC(C)=O)[C@@H]2O1)C3(C)C. The lowest BCUT2D eigenvalue weighted by Crippen LogP contribution is -2.79. The number of ether oxygens (including phenoxy) is 5. The Morgan fingerprint density at radius 3 is 2.46 bits per heavy atom. The van der Waals surface area contributed by atoms with E-state index in [9.17, 15) is 19.8 Å². The maximum atomic E-state index is 13.8. The number of aliphatic hydroxyl groups is 2. The molecule has 9 nitrogen and oxygen atoms in total. The molecule has 0 spiro atoms. The number of rotatable bonds is 4. The summed E-state index contributed by atoms with van der Waals surface area (Å²) in [5.74, 6) is -1.86. The highest BCUT2D eigenvalue weighted by molar-refractivity contribution is 5.89. The standard InChI is InChI=1S/C32H40O9/c1-7-22-38-24-23-17(2)20(34)15-32(36,29(23,4)5)27(40-28(35)19-11-9-8-10-12-19)25-30(6,26(24)39-22)14-13-21-31(25,16-37-21)41-18(3)33/h7-12,20-22,24-27,34,36H,1,13-16H2,2-6H3/t20-,21+,22?,24+,25-,26+,27-,30+,31-,32+/m0/s1. The Bertz CT molecular complexity index is 1290. The molecule has 1 aromatic carbocycles. The van der Waals surface area contributed by atoms with Crippen LogP contribution in [0.1, 0.15) is 64.2 Å². The first-order valence-corrected chi connectivity index (χ1v) is 14.4. The first-order chi connectivity index (χ1) is 19.3. The summed E-state index contributed by atoms with van der Waals surface area (Å²) in [6.45, 7) is 13.0. The van der Waals surface area contributed by atoms with E-state index < -0.39 is 76.7 Å². The Labute approximate surface area is 240 Å². The van der Waals surface area contributed by atoms with Crippen molar-refractivity contribution in [1.29, 1.82) is 0 Å². The number of hydrogen-bond acceptors (Lipinski definition) is 9. The van der Waals surface area contributed by atoms with Crippen LogP contribution in [-0.2, 0) is 28.5 Å². The molecule has 2 heterocycles. The Hall–Kier alpha value is -2.56. The van der Waals surface area contributed by atoms with E-state index in [0.717, 1.165) is 5.57 Å². The minimum Gasteiger partial charge on any atom is -0.455 e. The van der Waals surface area contributed by atoms with Crippen LogP contribution in [-0.4, -0.2) is 76.8 Å². The molecule has 9 heteroatoms. The van der Waals surface area contributed by atoms with Crippen LogP contribution in [0.4, 0.5) is 0 Å². The van der Waals surface area contributed by atoms with Gasteiger partial charge in [-0.3, -0.25) is 4.79 Å². The van der Waals surface area contributed by atoms with Crippen LogP contribution in [0, 0.1) is 16.7 Å². The molecule has 1 aromatic rings. The molecular weight excluding hydrogens is 528 g/mol. The van der Waals surface area contributed by atoms with Crippen LogP contribution in [0.25, 0.3) is 0 Å². The Kier molecular flexibility index (Phi) is 6.60. The number of carbonyl (C=O) groups is 2. The van der Waals surface area contributed by atoms with Gasteiger partial charge in [-0.15, -0.1) is 0 Å². The average Bonchev–Trinajstić information content (AvgIpc) is 3.34. The van der Waals surface area contributed by atoms with Crippen LogP contribution >= 0.6 is 0 Å². The molecule has 3 aliphatic carbocycles. The van der Waals surface area contributed by atoms with Crippen LogP contribution in [0.15, 0.2) is 54.1 Å². The topological polar surface area (TPSA) is 121 Å². The van der Waals surface area contributed by atoms with Crippen LogP contribution in [0.3, 0.4) is 0 Å². The van der Waals surface area contributed by atoms with Crippen molar-refractivity contribution in [3.05, 3.63) is 59.7 Å². The largest absolute Gasteiger partial charge is 0.455 e. The van der Waals surface area contributed by atoms with Crippen molar-refractivity contribution >= 4 is 11.9 Å². The zero-order valence-corrected chi connectivity index (χ0v) is 24.3. The Morgan fingerprint density at radius 2 is 1.85 bits per heavy atom. The second-order valence-electron chi connectivity index (χ2n) is 13.1. The number of aliphatic hydroxyl groups excluding tert-OH is 1. The van der Waals surface area contributed by atoms with Crippen molar-refractivity contribution in [3.63, 3.8) is 0 Å². The zero-order chi connectivity index (χ0) is 29.5. The number of fused-ring (bicyclic) bond motifs is 8. The molecule has 2 N–H and O–H groups in total. The van der Waals surface area contributed by atoms with E-state index in [1.807, 2.05) is 27.7 Å². The molecule has 0 amide bonds. The normalized spacial score (nSPS) is 44.2. The minimum absolute atomic E-state index is 0.0839. The lowest BCUT2D eigenvalue weighted by atomic mass is 9.45. The predicted octanol–water partition coefficient (Wildman–Crippen LogP) is 3.48. The van der Waals surface area contributed by atoms with E-state index in [1.54, 1.807) is 36.4 Å². The molecule has 4 fully saturated rings. The van der Waals surface area contributed by atoms with Gasteiger partial charge in [0, 0.05) is 24.2 Å². The van der Waals surface area contributed by atoms with Gasteiger partial charge in [0.25, 0.3) is 0 Å². The summed E-state index contributed by atoms with van der Waals surface area (Å²) in [6, 6.07) is 8.60. The Balaban J connectivity index is 1.62. The van der Waals surface area contributed by atoms with E-state index in [-0.39, 0.29) is 13.0 Å². The highest BCUT2D eigenvalue weighted by atomic mass is 16.7. The van der Waals surface area contributed by atoms with Crippen molar-refractivity contribution in [2.45, 2.75) is 102 Å². The molecule has 2 bridgehead atoms. The summed E-state index contributed by atoms with van der Waals surface area (Å²) in [6.07, 6.45) is -1.96. The van der Waals surface area contributed by atoms with Crippen LogP contribution in [0.5, 0.6) is 0 Å². The van der Waals surface area contributed by atoms with E-state index >= 15 is 0 Å². The van der Waals surface area contributed by atoms with Gasteiger partial charge < -0.3 is 33.9 Å². The second-order valence-corrected chi connectivity index (χ2v) is 13.1. The van der Waals surface area contributed by atoms with Crippen molar-refractivity contribution in [3.8, 4) is 0 Å². The third-order valence-corrected chi connectivity index (χ3v) is 10.7. The summed E-state index contributed by atoms with van der Waals surface area (Å²) in [5, 5.41) is 24.4. The third-order valence-electron chi connectivity index (χ3n) is 10.7. The lowest BCUT2D eigenvalue weighted by molar-refractivity contribution is -0.345. The minimum atomic E-state index is -1.77. The molecule has 10 atom stereocenters. The summed E-state index contributed by atoms with van der Waals surface area (Å²) in [7, 11) is 0. The number of carbonyl (C=O) groups excluding carboxylic acids is 2. The van der Waals surface area contributed by atoms with Crippen LogP contribution < -0.4 is 0 Å². The summed E-state index contributed by atoms with van der Waals surface area (Å²) < 4.78 is 31.6. The highest BCUT2D eigenvalue weighted by Gasteiger charge is 2.76. The van der Waals surface area contributed by atoms with E-state index in [1.165, 1.54) is 6.92 Å². The summed E-state index contributed by atoms with van der Waals surface area (Å²) >= 11 is 0. The fourth-order valence-corrected chi connectivity index (χ4v) is 8.64. The smallest absolute Gasteiger partial charge is 0.338 e. The van der Waals surface area contributed by atoms with Gasteiger partial charge in [0.15, 0.2) is 11.9 Å². The molecule has 0 aromatic heterocycles. The van der Waals surface area contributed by atoms with Gasteiger partial charge in [-0.25, -0.2) is 4.79 Å². The maximum absolute atomic E-state index is 13.8. The summed E-state index contributed by atoms with van der Waals surface area (Å²) in [5.41, 5.74) is -3.07. The first kappa shape index (κ1) is 28.6. The molecule has 2 aliphatic heterocycles. The fraction of sp³-hybridized carbons (Fsp3) is 0.625. The van der Waals surface area contributed by atoms with Crippen molar-refractivity contribution in [1.82, 2.24) is 0 Å². The zero-order valence-electron chi connectivity index (χ0n) is 24.3. The van der Waals surface area contributed by atoms with E-state index in [4.69, 9.17) is 23.7 Å². The number of benzene rings is 1. The van der Waals surface area contributed by atoms with Gasteiger partial charge in [0.05, 0.1) is 30.3 Å². The molecule has 41 heavy (non-hydrogen) atoms. The monoisotopic (exact) mass is 568 g/mol. The van der Waals surface area contributed by atoms with Crippen molar-refractivity contribution in [2.75, 3.05) is 6.61 Å². The van der Waals surface area contributed by atoms with Gasteiger partial charge >= 0.3 is 11.9 Å². The van der Waals surface area contributed by atoms with Gasteiger partial charge in [-0.05, 0) is 49.1 Å². The third kappa shape index (κ3) is 3.86. The highest BCUT2D eigenvalue weighted by Crippen LogP contribution is 2.66. The van der Waals surface area contributed by atoms with E-state index in [0.29, 0.717) is 24.0 Å². The molecule has 1 unspecified atom stereocenters. The molecule has 222 valence electrons. The maximum Gasteiger partial charge on any atom is 0.338 e. The Morgan fingerprint density at radius 1 is 1.15 bits per heavy atom. The van der Waals surface area contributed by atoms with Crippen LogP contribution in [0.2, 0.25) is 0 Å². The van der Waals surface area contributed by atoms with Gasteiger partial charge in [0.1, 0.15) is 23.9 Å².